The normalized spacial score (nSPS) is 20.0. The Balaban J connectivity index is 1.97. The van der Waals surface area contributed by atoms with Crippen molar-refractivity contribution in [2.45, 2.75) is 67.2 Å². The van der Waals surface area contributed by atoms with E-state index in [4.69, 9.17) is 0 Å². The van der Waals surface area contributed by atoms with Gasteiger partial charge in [-0.2, -0.15) is 0 Å². The summed E-state index contributed by atoms with van der Waals surface area (Å²) in [4.78, 5) is 11.7. The lowest BCUT2D eigenvalue weighted by atomic mass is 9.74. The number of allylic oxidation sites excluding steroid dienone is 4. The summed E-state index contributed by atoms with van der Waals surface area (Å²) in [7, 11) is 0. The Hall–Kier alpha value is -1.31. The fourth-order valence-electron chi connectivity index (χ4n) is 3.13. The van der Waals surface area contributed by atoms with Crippen molar-refractivity contribution in [3.8, 4) is 0 Å². The van der Waals surface area contributed by atoms with Gasteiger partial charge in [0.05, 0.1) is 0 Å². The third kappa shape index (κ3) is 3.71. The lowest BCUT2D eigenvalue weighted by molar-refractivity contribution is -0.116. The average molecular weight is 301 g/mol. The van der Waals surface area contributed by atoms with Gasteiger partial charge < -0.3 is 5.32 Å². The minimum atomic E-state index is 0.145. The molecule has 1 aliphatic carbocycles. The zero-order valence-electron chi connectivity index (χ0n) is 15.1. The maximum atomic E-state index is 11.7. The summed E-state index contributed by atoms with van der Waals surface area (Å²) in [6.07, 6.45) is 8.77. The predicted octanol–water partition coefficient (Wildman–Crippen LogP) is 4.93. The van der Waals surface area contributed by atoms with Crippen LogP contribution in [-0.2, 0) is 4.79 Å². The highest BCUT2D eigenvalue weighted by molar-refractivity contribution is 5.97. The molecule has 1 heterocycles. The van der Waals surface area contributed by atoms with Crippen molar-refractivity contribution in [3.05, 3.63) is 34.4 Å². The van der Waals surface area contributed by atoms with Gasteiger partial charge in [0.25, 0.3) is 0 Å². The van der Waals surface area contributed by atoms with Crippen LogP contribution in [0.4, 0.5) is 0 Å². The van der Waals surface area contributed by atoms with Gasteiger partial charge in [0.1, 0.15) is 0 Å². The van der Waals surface area contributed by atoms with Crippen LogP contribution >= 0.6 is 0 Å². The van der Waals surface area contributed by atoms with Crippen molar-refractivity contribution in [2.75, 3.05) is 6.54 Å². The SMILES string of the molecule is C/C(=C\CCC(C)(C)C1=CCC2=C(CNC2=O)C1)C(C)(C)C. The molecule has 2 nitrogen and oxygen atoms in total. The molecule has 0 aromatic heterocycles. The second-order valence-corrected chi connectivity index (χ2v) is 8.43. The van der Waals surface area contributed by atoms with Gasteiger partial charge in [-0.1, -0.05) is 57.9 Å². The molecular weight excluding hydrogens is 270 g/mol. The molecule has 0 saturated carbocycles. The summed E-state index contributed by atoms with van der Waals surface area (Å²) < 4.78 is 0. The lowest BCUT2D eigenvalue weighted by Gasteiger charge is -2.31. The van der Waals surface area contributed by atoms with E-state index in [2.05, 4.69) is 59.0 Å². The van der Waals surface area contributed by atoms with Crippen LogP contribution in [0.25, 0.3) is 0 Å². The minimum absolute atomic E-state index is 0.145. The summed E-state index contributed by atoms with van der Waals surface area (Å²) in [5.41, 5.74) is 5.78. The van der Waals surface area contributed by atoms with Crippen molar-refractivity contribution in [1.29, 1.82) is 0 Å². The van der Waals surface area contributed by atoms with E-state index in [-0.39, 0.29) is 16.7 Å². The third-order valence-corrected chi connectivity index (χ3v) is 5.39. The molecule has 122 valence electrons. The first-order chi connectivity index (χ1) is 10.1. The van der Waals surface area contributed by atoms with Gasteiger partial charge in [0.15, 0.2) is 0 Å². The molecule has 0 saturated heterocycles. The van der Waals surface area contributed by atoms with Crippen LogP contribution in [0.1, 0.15) is 67.2 Å². The molecular formula is C20H31NO. The number of amides is 1. The number of nitrogens with one attached hydrogen (secondary N) is 1. The van der Waals surface area contributed by atoms with Gasteiger partial charge in [-0.15, -0.1) is 0 Å². The zero-order valence-corrected chi connectivity index (χ0v) is 15.1. The molecule has 2 heteroatoms. The summed E-state index contributed by atoms with van der Waals surface area (Å²) in [5, 5.41) is 2.95. The van der Waals surface area contributed by atoms with E-state index in [1.807, 2.05) is 0 Å². The Morgan fingerprint density at radius 2 is 1.95 bits per heavy atom. The number of carbonyl (C=O) groups is 1. The van der Waals surface area contributed by atoms with Gasteiger partial charge in [-0.3, -0.25) is 4.79 Å². The van der Waals surface area contributed by atoms with Gasteiger partial charge in [-0.05, 0) is 49.0 Å². The number of carbonyl (C=O) groups excluding carboxylic acids is 1. The van der Waals surface area contributed by atoms with Crippen molar-refractivity contribution in [2.24, 2.45) is 10.8 Å². The molecule has 0 bridgehead atoms. The van der Waals surface area contributed by atoms with E-state index < -0.39 is 0 Å². The van der Waals surface area contributed by atoms with Gasteiger partial charge in [-0.25, -0.2) is 0 Å². The van der Waals surface area contributed by atoms with Crippen LogP contribution < -0.4 is 5.32 Å². The molecule has 0 radical (unpaired) electrons. The molecule has 22 heavy (non-hydrogen) atoms. The van der Waals surface area contributed by atoms with Crippen molar-refractivity contribution >= 4 is 5.91 Å². The van der Waals surface area contributed by atoms with Crippen molar-refractivity contribution in [3.63, 3.8) is 0 Å². The third-order valence-electron chi connectivity index (χ3n) is 5.39. The molecule has 2 aliphatic rings. The largest absolute Gasteiger partial charge is 0.349 e. The van der Waals surface area contributed by atoms with E-state index in [1.165, 1.54) is 16.7 Å². The standard InChI is InChI=1S/C20H31NO/c1-14(19(2,3)4)8-7-11-20(5,6)16-9-10-17-15(12-16)13-21-18(17)22/h8-9H,7,10-13H2,1-6H3,(H,21,22)/b14-8+. The number of hydrogen-bond donors (Lipinski definition) is 1. The van der Waals surface area contributed by atoms with Crippen LogP contribution in [0.5, 0.6) is 0 Å². The molecule has 0 spiro atoms. The van der Waals surface area contributed by atoms with E-state index in [0.29, 0.717) is 0 Å². The second-order valence-electron chi connectivity index (χ2n) is 8.43. The first-order valence-electron chi connectivity index (χ1n) is 8.47. The maximum absolute atomic E-state index is 11.7. The molecule has 1 amide bonds. The molecule has 0 unspecified atom stereocenters. The predicted molar refractivity (Wildman–Crippen MR) is 93.6 cm³/mol. The van der Waals surface area contributed by atoms with Crippen LogP contribution in [0.15, 0.2) is 34.4 Å². The second kappa shape index (κ2) is 6.06. The van der Waals surface area contributed by atoms with E-state index in [9.17, 15) is 4.79 Å². The molecule has 2 rings (SSSR count). The Labute approximate surface area is 135 Å². The zero-order chi connectivity index (χ0) is 16.5. The highest BCUT2D eigenvalue weighted by Crippen LogP contribution is 2.40. The number of hydrogen-bond acceptors (Lipinski definition) is 1. The molecule has 0 aromatic rings. The quantitative estimate of drug-likeness (QED) is 0.733. The van der Waals surface area contributed by atoms with E-state index in [1.54, 1.807) is 0 Å². The van der Waals surface area contributed by atoms with E-state index in [0.717, 1.165) is 37.8 Å². The fraction of sp³-hybridized carbons (Fsp3) is 0.650. The van der Waals surface area contributed by atoms with Crippen LogP contribution in [0.2, 0.25) is 0 Å². The van der Waals surface area contributed by atoms with Gasteiger partial charge in [0, 0.05) is 12.1 Å². The summed E-state index contributed by atoms with van der Waals surface area (Å²) in [5.74, 6) is 0.145. The first kappa shape index (κ1) is 17.1. The Kier molecular flexibility index (Phi) is 4.70. The average Bonchev–Trinajstić information content (AvgIpc) is 2.78. The summed E-state index contributed by atoms with van der Waals surface area (Å²) >= 11 is 0. The monoisotopic (exact) mass is 301 g/mol. The van der Waals surface area contributed by atoms with Crippen LogP contribution in [-0.4, -0.2) is 12.5 Å². The first-order valence-corrected chi connectivity index (χ1v) is 8.47. The molecule has 1 N–H and O–H groups in total. The Morgan fingerprint density at radius 3 is 2.59 bits per heavy atom. The molecule has 0 atom stereocenters. The maximum Gasteiger partial charge on any atom is 0.247 e. The fourth-order valence-corrected chi connectivity index (χ4v) is 3.13. The Bertz CT molecular complexity index is 553. The van der Waals surface area contributed by atoms with Crippen LogP contribution in [0, 0.1) is 10.8 Å². The van der Waals surface area contributed by atoms with Gasteiger partial charge in [0.2, 0.25) is 5.91 Å². The molecule has 1 aliphatic heterocycles. The lowest BCUT2D eigenvalue weighted by Crippen LogP contribution is -2.18. The Morgan fingerprint density at radius 1 is 1.27 bits per heavy atom. The molecule has 0 aromatic carbocycles. The highest BCUT2D eigenvalue weighted by Gasteiger charge is 2.30. The van der Waals surface area contributed by atoms with Gasteiger partial charge >= 0.3 is 0 Å². The topological polar surface area (TPSA) is 29.1 Å². The smallest absolute Gasteiger partial charge is 0.247 e. The summed E-state index contributed by atoms with van der Waals surface area (Å²) in [6, 6.07) is 0. The van der Waals surface area contributed by atoms with Crippen molar-refractivity contribution < 1.29 is 4.79 Å². The van der Waals surface area contributed by atoms with E-state index >= 15 is 0 Å². The highest BCUT2D eigenvalue weighted by atomic mass is 16.1. The van der Waals surface area contributed by atoms with Crippen LogP contribution in [0.3, 0.4) is 0 Å². The van der Waals surface area contributed by atoms with Crippen molar-refractivity contribution in [1.82, 2.24) is 5.32 Å². The molecule has 0 fully saturated rings. The number of rotatable bonds is 4. The minimum Gasteiger partial charge on any atom is -0.349 e. The summed E-state index contributed by atoms with van der Waals surface area (Å²) in [6.45, 7) is 14.5.